The van der Waals surface area contributed by atoms with Crippen molar-refractivity contribution < 1.29 is 27.4 Å². The van der Waals surface area contributed by atoms with Crippen LogP contribution in [0.2, 0.25) is 0 Å². The number of fused-ring (bicyclic) bond motifs is 1. The fraction of sp³-hybridized carbons (Fsp3) is 0.600. The Balaban J connectivity index is 1.51. The molecule has 126 valence electrons. The first kappa shape index (κ1) is 15.2. The molecule has 8 heteroatoms. The number of hydrogen-bond donors (Lipinski definition) is 0. The van der Waals surface area contributed by atoms with Crippen molar-refractivity contribution in [2.45, 2.75) is 29.9 Å². The molecule has 1 aromatic rings. The van der Waals surface area contributed by atoms with E-state index >= 15 is 0 Å². The molecule has 0 atom stereocenters. The second-order valence-corrected chi connectivity index (χ2v) is 7.82. The third-order valence-corrected chi connectivity index (χ3v) is 6.38. The molecular weight excluding hydrogens is 322 g/mol. The minimum absolute atomic E-state index is 0.125. The van der Waals surface area contributed by atoms with Gasteiger partial charge in [0.15, 0.2) is 17.3 Å². The van der Waals surface area contributed by atoms with Crippen LogP contribution in [0.4, 0.5) is 0 Å². The summed E-state index contributed by atoms with van der Waals surface area (Å²) >= 11 is 0. The van der Waals surface area contributed by atoms with Crippen molar-refractivity contribution in [3.05, 3.63) is 18.2 Å². The van der Waals surface area contributed by atoms with E-state index < -0.39 is 15.8 Å². The normalized spacial score (nSPS) is 24.0. The second-order valence-electron chi connectivity index (χ2n) is 5.88. The molecule has 0 aromatic heterocycles. The van der Waals surface area contributed by atoms with E-state index in [1.807, 2.05) is 0 Å². The van der Waals surface area contributed by atoms with Crippen LogP contribution in [-0.4, -0.2) is 51.6 Å². The van der Waals surface area contributed by atoms with E-state index in [0.717, 1.165) is 6.42 Å². The Morgan fingerprint density at radius 3 is 2.43 bits per heavy atom. The van der Waals surface area contributed by atoms with E-state index in [0.29, 0.717) is 50.6 Å². The molecule has 4 rings (SSSR count). The lowest BCUT2D eigenvalue weighted by molar-refractivity contribution is -0.280. The zero-order valence-electron chi connectivity index (χ0n) is 12.7. The van der Waals surface area contributed by atoms with Crippen LogP contribution < -0.4 is 9.47 Å². The summed E-state index contributed by atoms with van der Waals surface area (Å²) in [5.74, 6) is 0.447. The van der Waals surface area contributed by atoms with Gasteiger partial charge in [0.2, 0.25) is 16.8 Å². The Labute approximate surface area is 135 Å². The van der Waals surface area contributed by atoms with Gasteiger partial charge in [-0.15, -0.1) is 0 Å². The molecule has 0 saturated carbocycles. The number of rotatable bonds is 2. The van der Waals surface area contributed by atoms with Crippen LogP contribution in [0.15, 0.2) is 23.1 Å². The summed E-state index contributed by atoms with van der Waals surface area (Å²) in [4.78, 5) is 0.225. The molecule has 1 spiro atoms. The highest BCUT2D eigenvalue weighted by Crippen LogP contribution is 2.36. The van der Waals surface area contributed by atoms with Crippen LogP contribution in [0.25, 0.3) is 0 Å². The molecule has 7 nitrogen and oxygen atoms in total. The molecular formula is C15H19NO6S. The Bertz CT molecular complexity index is 688. The molecule has 0 bridgehead atoms. The van der Waals surface area contributed by atoms with Crippen molar-refractivity contribution in [1.29, 1.82) is 0 Å². The third kappa shape index (κ3) is 2.69. The van der Waals surface area contributed by atoms with Crippen LogP contribution in [-0.2, 0) is 19.5 Å². The Kier molecular flexibility index (Phi) is 3.72. The van der Waals surface area contributed by atoms with E-state index in [-0.39, 0.29) is 11.7 Å². The average Bonchev–Trinajstić information content (AvgIpc) is 3.03. The number of hydrogen-bond acceptors (Lipinski definition) is 6. The van der Waals surface area contributed by atoms with E-state index in [1.54, 1.807) is 12.1 Å². The zero-order valence-corrected chi connectivity index (χ0v) is 13.5. The lowest BCUT2D eigenvalue weighted by atomic mass is 10.0. The van der Waals surface area contributed by atoms with Crippen LogP contribution in [0, 0.1) is 0 Å². The fourth-order valence-electron chi connectivity index (χ4n) is 3.16. The summed E-state index contributed by atoms with van der Waals surface area (Å²) < 4.78 is 49.1. The number of piperidine rings is 1. The molecule has 2 saturated heterocycles. The van der Waals surface area contributed by atoms with Gasteiger partial charge in [-0.05, 0) is 18.6 Å². The molecule has 0 N–H and O–H groups in total. The van der Waals surface area contributed by atoms with Gasteiger partial charge in [-0.3, -0.25) is 0 Å². The van der Waals surface area contributed by atoms with Crippen molar-refractivity contribution in [3.8, 4) is 11.5 Å². The van der Waals surface area contributed by atoms with E-state index in [9.17, 15) is 8.42 Å². The van der Waals surface area contributed by atoms with Crippen LogP contribution >= 0.6 is 0 Å². The number of ether oxygens (including phenoxy) is 4. The van der Waals surface area contributed by atoms with Gasteiger partial charge in [0.05, 0.1) is 18.1 Å². The van der Waals surface area contributed by atoms with Gasteiger partial charge in [0, 0.05) is 32.0 Å². The molecule has 2 fully saturated rings. The summed E-state index contributed by atoms with van der Waals surface area (Å²) in [5.41, 5.74) is 0. The summed E-state index contributed by atoms with van der Waals surface area (Å²) in [6.45, 7) is 2.25. The molecule has 0 radical (unpaired) electrons. The minimum Gasteiger partial charge on any atom is -0.454 e. The van der Waals surface area contributed by atoms with Crippen molar-refractivity contribution in [3.63, 3.8) is 0 Å². The average molecular weight is 341 g/mol. The standard InChI is InChI=1S/C15H19NO6S/c17-23(18,12-2-3-13-14(10-12)20-11-19-13)16-6-4-15(5-7-16)21-8-1-9-22-15/h2-3,10H,1,4-9,11H2. The Morgan fingerprint density at radius 2 is 1.70 bits per heavy atom. The molecule has 0 unspecified atom stereocenters. The highest BCUT2D eigenvalue weighted by atomic mass is 32.2. The van der Waals surface area contributed by atoms with E-state index in [4.69, 9.17) is 18.9 Å². The monoisotopic (exact) mass is 341 g/mol. The maximum atomic E-state index is 12.8. The van der Waals surface area contributed by atoms with Gasteiger partial charge in [0.1, 0.15) is 0 Å². The zero-order chi connectivity index (χ0) is 15.9. The van der Waals surface area contributed by atoms with Crippen LogP contribution in [0.1, 0.15) is 19.3 Å². The van der Waals surface area contributed by atoms with Crippen LogP contribution in [0.5, 0.6) is 11.5 Å². The smallest absolute Gasteiger partial charge is 0.243 e. The number of benzene rings is 1. The molecule has 23 heavy (non-hydrogen) atoms. The number of sulfonamides is 1. The molecule has 3 heterocycles. The Hall–Kier alpha value is -1.35. The van der Waals surface area contributed by atoms with Gasteiger partial charge in [-0.2, -0.15) is 4.31 Å². The van der Waals surface area contributed by atoms with Crippen molar-refractivity contribution in [1.82, 2.24) is 4.31 Å². The van der Waals surface area contributed by atoms with Crippen molar-refractivity contribution >= 4 is 10.0 Å². The predicted molar refractivity (Wildman–Crippen MR) is 79.8 cm³/mol. The molecule has 0 aliphatic carbocycles. The van der Waals surface area contributed by atoms with Gasteiger partial charge >= 0.3 is 0 Å². The number of nitrogens with zero attached hydrogens (tertiary/aromatic N) is 1. The fourth-order valence-corrected chi connectivity index (χ4v) is 4.62. The SMILES string of the molecule is O=S(=O)(c1ccc2c(c1)OCO2)N1CCC2(CC1)OCCCO2. The Morgan fingerprint density at radius 1 is 1.00 bits per heavy atom. The van der Waals surface area contributed by atoms with Gasteiger partial charge in [-0.1, -0.05) is 0 Å². The topological polar surface area (TPSA) is 74.3 Å². The van der Waals surface area contributed by atoms with Gasteiger partial charge in [-0.25, -0.2) is 8.42 Å². The molecule has 3 aliphatic rings. The van der Waals surface area contributed by atoms with Crippen molar-refractivity contribution in [2.24, 2.45) is 0 Å². The third-order valence-electron chi connectivity index (χ3n) is 4.48. The summed E-state index contributed by atoms with van der Waals surface area (Å²) in [6, 6.07) is 4.71. The lowest BCUT2D eigenvalue weighted by Crippen LogP contribution is -2.51. The predicted octanol–water partition coefficient (Wildman–Crippen LogP) is 1.33. The summed E-state index contributed by atoms with van der Waals surface area (Å²) in [7, 11) is -3.55. The first-order chi connectivity index (χ1) is 11.1. The maximum Gasteiger partial charge on any atom is 0.243 e. The first-order valence-electron chi connectivity index (χ1n) is 7.77. The van der Waals surface area contributed by atoms with Gasteiger partial charge in [0.25, 0.3) is 0 Å². The van der Waals surface area contributed by atoms with Crippen molar-refractivity contribution in [2.75, 3.05) is 33.1 Å². The molecule has 3 aliphatic heterocycles. The highest BCUT2D eigenvalue weighted by molar-refractivity contribution is 7.89. The lowest BCUT2D eigenvalue weighted by Gasteiger charge is -2.42. The summed E-state index contributed by atoms with van der Waals surface area (Å²) in [5, 5.41) is 0. The minimum atomic E-state index is -3.55. The van der Waals surface area contributed by atoms with E-state index in [1.165, 1.54) is 10.4 Å². The quantitative estimate of drug-likeness (QED) is 0.808. The first-order valence-corrected chi connectivity index (χ1v) is 9.21. The van der Waals surface area contributed by atoms with E-state index in [2.05, 4.69) is 0 Å². The second kappa shape index (κ2) is 5.62. The van der Waals surface area contributed by atoms with Gasteiger partial charge < -0.3 is 18.9 Å². The molecule has 1 aromatic carbocycles. The summed E-state index contributed by atoms with van der Waals surface area (Å²) in [6.07, 6.45) is 1.99. The highest BCUT2D eigenvalue weighted by Gasteiger charge is 2.41. The van der Waals surface area contributed by atoms with Crippen LogP contribution in [0.3, 0.4) is 0 Å². The maximum absolute atomic E-state index is 12.8. The largest absolute Gasteiger partial charge is 0.454 e. The molecule has 0 amide bonds.